The van der Waals surface area contributed by atoms with E-state index >= 15 is 0 Å². The van der Waals surface area contributed by atoms with Gasteiger partial charge in [0.05, 0.1) is 5.92 Å². The van der Waals surface area contributed by atoms with Crippen molar-refractivity contribution < 1.29 is 14.3 Å². The number of carbonyl (C=O) groups excluding carboxylic acids is 2. The minimum absolute atomic E-state index is 0.0208. The van der Waals surface area contributed by atoms with Crippen molar-refractivity contribution in [1.29, 1.82) is 0 Å². The van der Waals surface area contributed by atoms with Crippen LogP contribution in [0.4, 0.5) is 0 Å². The van der Waals surface area contributed by atoms with Crippen LogP contribution in [-0.2, 0) is 14.3 Å². The highest BCUT2D eigenvalue weighted by molar-refractivity contribution is 5.75. The predicted octanol–water partition coefficient (Wildman–Crippen LogP) is 3.68. The van der Waals surface area contributed by atoms with Gasteiger partial charge in [0, 0.05) is 30.8 Å². The third-order valence-electron chi connectivity index (χ3n) is 5.20. The summed E-state index contributed by atoms with van der Waals surface area (Å²) in [5.74, 6) is 0.158. The van der Waals surface area contributed by atoms with Gasteiger partial charge in [0.25, 0.3) is 0 Å². The second kappa shape index (κ2) is 6.21. The molecule has 2 rings (SSSR count). The fraction of sp³-hybridized carbons (Fsp3) is 0.889. The van der Waals surface area contributed by atoms with E-state index in [1.54, 1.807) is 6.92 Å². The van der Waals surface area contributed by atoms with Gasteiger partial charge >= 0.3 is 5.97 Å². The van der Waals surface area contributed by atoms with Gasteiger partial charge in [-0.15, -0.1) is 0 Å². The maximum atomic E-state index is 12.4. The van der Waals surface area contributed by atoms with Crippen LogP contribution in [0.25, 0.3) is 0 Å². The maximum Gasteiger partial charge on any atom is 0.309 e. The monoisotopic (exact) mass is 309 g/mol. The van der Waals surface area contributed by atoms with Gasteiger partial charge in [0.1, 0.15) is 6.10 Å². The molecule has 0 aromatic heterocycles. The minimum atomic E-state index is -0.287. The fourth-order valence-corrected chi connectivity index (χ4v) is 4.72. The molecule has 1 saturated carbocycles. The molecule has 1 heterocycles. The van der Waals surface area contributed by atoms with Crippen LogP contribution in [0.15, 0.2) is 0 Å². The summed E-state index contributed by atoms with van der Waals surface area (Å²) >= 11 is 0. The van der Waals surface area contributed by atoms with E-state index in [1.165, 1.54) is 6.42 Å². The van der Waals surface area contributed by atoms with Crippen molar-refractivity contribution in [2.75, 3.05) is 0 Å². The summed E-state index contributed by atoms with van der Waals surface area (Å²) < 4.78 is 5.85. The Kier molecular flexibility index (Phi) is 4.88. The number of rotatable bonds is 2. The van der Waals surface area contributed by atoms with Crippen LogP contribution in [-0.4, -0.2) is 34.0 Å². The smallest absolute Gasteiger partial charge is 0.309 e. The Morgan fingerprint density at radius 1 is 0.955 bits per heavy atom. The third-order valence-corrected chi connectivity index (χ3v) is 5.20. The summed E-state index contributed by atoms with van der Waals surface area (Å²) in [5, 5.41) is 0. The highest BCUT2D eigenvalue weighted by Crippen LogP contribution is 2.40. The zero-order chi connectivity index (χ0) is 16.5. The van der Waals surface area contributed by atoms with Gasteiger partial charge in [-0.3, -0.25) is 9.59 Å². The molecule has 0 unspecified atom stereocenters. The molecule has 0 radical (unpaired) electrons. The Morgan fingerprint density at radius 3 is 1.91 bits per heavy atom. The molecule has 0 bridgehead atoms. The molecule has 1 aliphatic heterocycles. The van der Waals surface area contributed by atoms with E-state index in [0.29, 0.717) is 12.8 Å². The molecule has 126 valence electrons. The van der Waals surface area contributed by atoms with Crippen LogP contribution in [0.1, 0.15) is 79.6 Å². The molecular weight excluding hydrogens is 278 g/mol. The first kappa shape index (κ1) is 17.3. The zero-order valence-corrected chi connectivity index (χ0v) is 14.8. The molecule has 0 atom stereocenters. The molecule has 2 aliphatic rings. The Morgan fingerprint density at radius 2 is 1.45 bits per heavy atom. The molecule has 1 aliphatic carbocycles. The van der Waals surface area contributed by atoms with E-state index < -0.39 is 0 Å². The van der Waals surface area contributed by atoms with Crippen LogP contribution in [0, 0.1) is 5.92 Å². The Balaban J connectivity index is 2.04. The van der Waals surface area contributed by atoms with Crippen molar-refractivity contribution in [3.05, 3.63) is 0 Å². The number of likely N-dealkylation sites (tertiary alicyclic amines) is 1. The topological polar surface area (TPSA) is 46.6 Å². The lowest BCUT2D eigenvalue weighted by molar-refractivity contribution is -0.170. The van der Waals surface area contributed by atoms with Crippen LogP contribution >= 0.6 is 0 Å². The first-order valence-electron chi connectivity index (χ1n) is 8.65. The van der Waals surface area contributed by atoms with E-state index in [9.17, 15) is 9.59 Å². The van der Waals surface area contributed by atoms with E-state index in [4.69, 9.17) is 4.74 Å². The fourth-order valence-electron chi connectivity index (χ4n) is 4.72. The molecule has 4 nitrogen and oxygen atoms in total. The average Bonchev–Trinajstić information content (AvgIpc) is 2.35. The highest BCUT2D eigenvalue weighted by Gasteiger charge is 2.48. The normalized spacial score (nSPS) is 25.8. The first-order chi connectivity index (χ1) is 10.1. The number of amides is 1. The molecule has 0 spiro atoms. The van der Waals surface area contributed by atoms with Gasteiger partial charge in [0.2, 0.25) is 5.91 Å². The van der Waals surface area contributed by atoms with Gasteiger partial charge in [-0.1, -0.05) is 19.3 Å². The largest absolute Gasteiger partial charge is 0.462 e. The van der Waals surface area contributed by atoms with Crippen LogP contribution in [0.2, 0.25) is 0 Å². The quantitative estimate of drug-likeness (QED) is 0.731. The number of ether oxygens (including phenoxy) is 1. The van der Waals surface area contributed by atoms with Gasteiger partial charge in [-0.2, -0.15) is 0 Å². The van der Waals surface area contributed by atoms with Crippen molar-refractivity contribution in [1.82, 2.24) is 4.90 Å². The number of nitrogens with zero attached hydrogens (tertiary/aromatic N) is 1. The second-order valence-electron chi connectivity index (χ2n) is 8.28. The van der Waals surface area contributed by atoms with Crippen molar-refractivity contribution in [2.24, 2.45) is 5.92 Å². The predicted molar refractivity (Wildman–Crippen MR) is 86.4 cm³/mol. The number of esters is 1. The van der Waals surface area contributed by atoms with Crippen molar-refractivity contribution in [2.45, 2.75) is 96.7 Å². The maximum absolute atomic E-state index is 12.4. The summed E-state index contributed by atoms with van der Waals surface area (Å²) in [6.45, 7) is 9.89. The van der Waals surface area contributed by atoms with Gasteiger partial charge in [-0.25, -0.2) is 0 Å². The molecule has 1 amide bonds. The van der Waals surface area contributed by atoms with E-state index in [2.05, 4.69) is 27.7 Å². The van der Waals surface area contributed by atoms with Gasteiger partial charge in [0.15, 0.2) is 0 Å². The Bertz CT molecular complexity index is 418. The molecule has 0 aromatic rings. The first-order valence-corrected chi connectivity index (χ1v) is 8.65. The van der Waals surface area contributed by atoms with Crippen molar-refractivity contribution in [3.63, 3.8) is 0 Å². The molecule has 2 fully saturated rings. The van der Waals surface area contributed by atoms with Gasteiger partial charge < -0.3 is 9.64 Å². The Hall–Kier alpha value is -1.06. The van der Waals surface area contributed by atoms with Crippen LogP contribution in [0.5, 0.6) is 0 Å². The summed E-state index contributed by atoms with van der Waals surface area (Å²) in [7, 11) is 0. The summed E-state index contributed by atoms with van der Waals surface area (Å²) in [6.07, 6.45) is 6.80. The Labute approximate surface area is 134 Å². The minimum Gasteiger partial charge on any atom is -0.462 e. The van der Waals surface area contributed by atoms with E-state index in [-0.39, 0.29) is 35.0 Å². The molecule has 0 aromatic carbocycles. The number of hydrogen-bond acceptors (Lipinski definition) is 3. The molecule has 0 N–H and O–H groups in total. The lowest BCUT2D eigenvalue weighted by Crippen LogP contribution is -2.63. The molecule has 1 saturated heterocycles. The van der Waals surface area contributed by atoms with Crippen LogP contribution in [0.3, 0.4) is 0 Å². The van der Waals surface area contributed by atoms with E-state index in [0.717, 1.165) is 25.7 Å². The molecule has 22 heavy (non-hydrogen) atoms. The summed E-state index contributed by atoms with van der Waals surface area (Å²) in [5.41, 5.74) is -0.573. The standard InChI is InChI=1S/C18H31NO3/c1-13(20)19-17(2,3)11-15(12-18(19,4)5)22-16(21)14-9-7-6-8-10-14/h14-15H,6-12H2,1-5H3. The molecular formula is C18H31NO3. The van der Waals surface area contributed by atoms with Gasteiger partial charge in [-0.05, 0) is 40.5 Å². The zero-order valence-electron chi connectivity index (χ0n) is 14.8. The van der Waals surface area contributed by atoms with E-state index in [1.807, 2.05) is 4.90 Å². The van der Waals surface area contributed by atoms with Crippen LogP contribution < -0.4 is 0 Å². The highest BCUT2D eigenvalue weighted by atomic mass is 16.5. The lowest BCUT2D eigenvalue weighted by Gasteiger charge is -2.54. The number of hydrogen-bond donors (Lipinski definition) is 0. The lowest BCUT2D eigenvalue weighted by atomic mass is 9.78. The summed E-state index contributed by atoms with van der Waals surface area (Å²) in [4.78, 5) is 26.4. The number of piperidine rings is 1. The van der Waals surface area contributed by atoms with Crippen molar-refractivity contribution in [3.8, 4) is 0 Å². The van der Waals surface area contributed by atoms with Crippen molar-refractivity contribution >= 4 is 11.9 Å². The average molecular weight is 309 g/mol. The third kappa shape index (κ3) is 3.64. The molecule has 4 heteroatoms. The SMILES string of the molecule is CC(=O)N1C(C)(C)CC(OC(=O)C2CCCCC2)CC1(C)C. The number of carbonyl (C=O) groups is 2. The summed E-state index contributed by atoms with van der Waals surface area (Å²) in [6, 6.07) is 0. The second-order valence-corrected chi connectivity index (χ2v) is 8.28.